The highest BCUT2D eigenvalue weighted by atomic mass is 16.5. The number of amides is 1. The molecule has 1 aromatic heterocycles. The van der Waals surface area contributed by atoms with E-state index >= 15 is 0 Å². The summed E-state index contributed by atoms with van der Waals surface area (Å²) in [7, 11) is 1.24. The van der Waals surface area contributed by atoms with Crippen LogP contribution in [0.25, 0.3) is 0 Å². The number of H-pyrrole nitrogens is 2. The van der Waals surface area contributed by atoms with Gasteiger partial charge in [0.05, 0.1) is 12.7 Å². The number of esters is 1. The van der Waals surface area contributed by atoms with E-state index in [9.17, 15) is 19.2 Å². The van der Waals surface area contributed by atoms with Gasteiger partial charge < -0.3 is 15.0 Å². The quantitative estimate of drug-likeness (QED) is 0.692. The summed E-state index contributed by atoms with van der Waals surface area (Å²) in [6.07, 6.45) is 1.01. The van der Waals surface area contributed by atoms with E-state index in [4.69, 9.17) is 0 Å². The fourth-order valence-electron chi connectivity index (χ4n) is 1.62. The number of benzene rings is 1. The predicted octanol–water partition coefficient (Wildman–Crippen LogP) is 0.102. The minimum absolute atomic E-state index is 0.252. The van der Waals surface area contributed by atoms with E-state index in [1.54, 1.807) is 12.1 Å². The molecular formula is C13H11N3O5. The number of rotatable bonds is 3. The molecule has 21 heavy (non-hydrogen) atoms. The Morgan fingerprint density at radius 3 is 2.67 bits per heavy atom. The fraction of sp³-hybridized carbons (Fsp3) is 0.0769. The first kappa shape index (κ1) is 14.3. The molecule has 0 saturated heterocycles. The van der Waals surface area contributed by atoms with Gasteiger partial charge in [-0.1, -0.05) is 6.07 Å². The normalized spacial score (nSPS) is 9.95. The van der Waals surface area contributed by atoms with Crippen LogP contribution in [0.2, 0.25) is 0 Å². The third-order valence-corrected chi connectivity index (χ3v) is 2.61. The molecule has 0 bridgehead atoms. The van der Waals surface area contributed by atoms with Crippen molar-refractivity contribution in [2.45, 2.75) is 0 Å². The molecule has 0 saturated carbocycles. The van der Waals surface area contributed by atoms with Gasteiger partial charge in [-0.15, -0.1) is 0 Å². The lowest BCUT2D eigenvalue weighted by Gasteiger charge is -2.06. The molecule has 0 aliphatic heterocycles. The summed E-state index contributed by atoms with van der Waals surface area (Å²) in [6.45, 7) is 0. The average molecular weight is 289 g/mol. The van der Waals surface area contributed by atoms with E-state index in [-0.39, 0.29) is 11.1 Å². The monoisotopic (exact) mass is 289 g/mol. The highest BCUT2D eigenvalue weighted by molar-refractivity contribution is 6.04. The number of anilines is 1. The zero-order valence-corrected chi connectivity index (χ0v) is 10.9. The maximum Gasteiger partial charge on any atom is 0.337 e. The summed E-state index contributed by atoms with van der Waals surface area (Å²) >= 11 is 0. The largest absolute Gasteiger partial charge is 0.465 e. The van der Waals surface area contributed by atoms with Gasteiger partial charge in [0, 0.05) is 11.9 Å². The number of carbonyl (C=O) groups is 2. The molecule has 1 amide bonds. The van der Waals surface area contributed by atoms with Crippen LogP contribution in [0.3, 0.4) is 0 Å². The first-order valence-corrected chi connectivity index (χ1v) is 5.83. The molecule has 1 aromatic carbocycles. The summed E-state index contributed by atoms with van der Waals surface area (Å²) < 4.78 is 4.57. The van der Waals surface area contributed by atoms with Gasteiger partial charge in [0.15, 0.2) is 0 Å². The Balaban J connectivity index is 2.25. The van der Waals surface area contributed by atoms with Gasteiger partial charge in [0.2, 0.25) is 0 Å². The molecule has 0 unspecified atom stereocenters. The fourth-order valence-corrected chi connectivity index (χ4v) is 1.62. The number of nitrogens with one attached hydrogen (secondary N) is 3. The molecule has 3 N–H and O–H groups in total. The number of methoxy groups -OCH3 is 1. The lowest BCUT2D eigenvalue weighted by Crippen LogP contribution is -2.29. The van der Waals surface area contributed by atoms with Gasteiger partial charge >= 0.3 is 11.7 Å². The predicted molar refractivity (Wildman–Crippen MR) is 73.4 cm³/mol. The van der Waals surface area contributed by atoms with Crippen molar-refractivity contribution in [2.75, 3.05) is 12.4 Å². The van der Waals surface area contributed by atoms with Crippen molar-refractivity contribution < 1.29 is 14.3 Å². The maximum atomic E-state index is 11.9. The smallest absolute Gasteiger partial charge is 0.337 e. The number of ether oxygens (including phenoxy) is 1. The van der Waals surface area contributed by atoms with E-state index in [0.717, 1.165) is 6.20 Å². The molecule has 2 rings (SSSR count). The Morgan fingerprint density at radius 1 is 1.24 bits per heavy atom. The Kier molecular flexibility index (Phi) is 3.98. The number of aromatic nitrogens is 2. The van der Waals surface area contributed by atoms with E-state index in [0.29, 0.717) is 5.69 Å². The third kappa shape index (κ3) is 3.24. The first-order valence-electron chi connectivity index (χ1n) is 5.83. The minimum Gasteiger partial charge on any atom is -0.465 e. The zero-order chi connectivity index (χ0) is 15.4. The van der Waals surface area contributed by atoms with Gasteiger partial charge in [0.1, 0.15) is 5.56 Å². The first-order chi connectivity index (χ1) is 10.0. The zero-order valence-electron chi connectivity index (χ0n) is 10.9. The average Bonchev–Trinajstić information content (AvgIpc) is 2.46. The van der Waals surface area contributed by atoms with Crippen molar-refractivity contribution in [1.29, 1.82) is 0 Å². The van der Waals surface area contributed by atoms with Crippen LogP contribution in [0.5, 0.6) is 0 Å². The molecular weight excluding hydrogens is 278 g/mol. The summed E-state index contributed by atoms with van der Waals surface area (Å²) in [5.41, 5.74) is -1.19. The molecule has 1 heterocycles. The second-order valence-electron chi connectivity index (χ2n) is 4.01. The minimum atomic E-state index is -0.805. The topological polar surface area (TPSA) is 121 Å². The molecule has 108 valence electrons. The molecule has 8 nitrogen and oxygen atoms in total. The number of aromatic amines is 2. The SMILES string of the molecule is COC(=O)c1cccc(NC(=O)c2c[nH]c(=O)[nH]c2=O)c1. The van der Waals surface area contributed by atoms with E-state index in [2.05, 4.69) is 15.0 Å². The summed E-state index contributed by atoms with van der Waals surface area (Å²) in [4.78, 5) is 49.8. The number of carbonyl (C=O) groups excluding carboxylic acids is 2. The molecule has 0 spiro atoms. The van der Waals surface area contributed by atoms with E-state index in [1.165, 1.54) is 19.2 Å². The second kappa shape index (κ2) is 5.87. The van der Waals surface area contributed by atoms with Crippen LogP contribution in [0, 0.1) is 0 Å². The van der Waals surface area contributed by atoms with E-state index < -0.39 is 23.1 Å². The van der Waals surface area contributed by atoms with Crippen molar-refractivity contribution in [2.24, 2.45) is 0 Å². The highest BCUT2D eigenvalue weighted by Gasteiger charge is 2.12. The Hall–Kier alpha value is -3.16. The van der Waals surface area contributed by atoms with Crippen LogP contribution in [-0.2, 0) is 4.74 Å². The van der Waals surface area contributed by atoms with Crippen molar-refractivity contribution in [3.05, 3.63) is 62.4 Å². The lowest BCUT2D eigenvalue weighted by molar-refractivity contribution is 0.0600. The molecule has 2 aromatic rings. The highest BCUT2D eigenvalue weighted by Crippen LogP contribution is 2.12. The van der Waals surface area contributed by atoms with Crippen LogP contribution >= 0.6 is 0 Å². The molecule has 0 atom stereocenters. The molecule has 0 aliphatic carbocycles. The third-order valence-electron chi connectivity index (χ3n) is 2.61. The van der Waals surface area contributed by atoms with Gasteiger partial charge in [0.25, 0.3) is 11.5 Å². The van der Waals surface area contributed by atoms with Crippen LogP contribution in [0.15, 0.2) is 40.1 Å². The second-order valence-corrected chi connectivity index (χ2v) is 4.01. The van der Waals surface area contributed by atoms with Crippen LogP contribution in [0.1, 0.15) is 20.7 Å². The number of hydrogen-bond donors (Lipinski definition) is 3. The standard InChI is InChI=1S/C13H11N3O5/c1-21-12(19)7-3-2-4-8(5-7)15-10(17)9-6-14-13(20)16-11(9)18/h2-6H,1H3,(H,15,17)(H2,14,16,18,20). The maximum absolute atomic E-state index is 11.9. The van der Waals surface area contributed by atoms with Crippen LogP contribution in [-0.4, -0.2) is 29.0 Å². The molecule has 0 fully saturated rings. The lowest BCUT2D eigenvalue weighted by atomic mass is 10.2. The van der Waals surface area contributed by atoms with Crippen LogP contribution < -0.4 is 16.6 Å². The van der Waals surface area contributed by atoms with Crippen molar-refractivity contribution >= 4 is 17.6 Å². The molecule has 0 aliphatic rings. The van der Waals surface area contributed by atoms with Crippen LogP contribution in [0.4, 0.5) is 5.69 Å². The molecule has 0 radical (unpaired) electrons. The summed E-state index contributed by atoms with van der Waals surface area (Å²) in [5, 5.41) is 2.45. The van der Waals surface area contributed by atoms with Crippen molar-refractivity contribution in [3.63, 3.8) is 0 Å². The van der Waals surface area contributed by atoms with Crippen molar-refractivity contribution in [3.8, 4) is 0 Å². The Labute approximate surface area is 117 Å². The van der Waals surface area contributed by atoms with Gasteiger partial charge in [-0.25, -0.2) is 9.59 Å². The van der Waals surface area contributed by atoms with Crippen molar-refractivity contribution in [1.82, 2.24) is 9.97 Å². The number of hydrogen-bond acceptors (Lipinski definition) is 5. The Bertz CT molecular complexity index is 806. The summed E-state index contributed by atoms with van der Waals surface area (Å²) in [5.74, 6) is -1.26. The summed E-state index contributed by atoms with van der Waals surface area (Å²) in [6, 6.07) is 6.03. The van der Waals surface area contributed by atoms with Gasteiger partial charge in [-0.05, 0) is 18.2 Å². The molecule has 8 heteroatoms. The Morgan fingerprint density at radius 2 is 2.00 bits per heavy atom. The van der Waals surface area contributed by atoms with Gasteiger partial charge in [-0.2, -0.15) is 0 Å². The van der Waals surface area contributed by atoms with Gasteiger partial charge in [-0.3, -0.25) is 14.6 Å². The van der Waals surface area contributed by atoms with E-state index in [1.807, 2.05) is 4.98 Å².